The number of aliphatic imine (C=N–C) groups is 1. The summed E-state index contributed by atoms with van der Waals surface area (Å²) in [4.78, 5) is 6.49. The molecule has 2 aromatic carbocycles. The van der Waals surface area contributed by atoms with E-state index in [0.717, 1.165) is 29.2 Å². The molecule has 0 saturated heterocycles. The molecule has 0 aliphatic carbocycles. The number of nitrogens with one attached hydrogen (secondary N) is 1. The van der Waals surface area contributed by atoms with E-state index in [0.29, 0.717) is 5.02 Å². The molecular formula is C18H22ClN3. The fraction of sp³-hybridized carbons (Fsp3) is 0.278. The first-order valence-corrected chi connectivity index (χ1v) is 7.75. The zero-order chi connectivity index (χ0) is 16.1. The Morgan fingerprint density at radius 1 is 1.18 bits per heavy atom. The lowest BCUT2D eigenvalue weighted by molar-refractivity contribution is 0.552. The molecule has 0 aliphatic heterocycles. The van der Waals surface area contributed by atoms with Crippen LogP contribution in [0.15, 0.2) is 41.4 Å². The Bertz CT molecular complexity index is 680. The van der Waals surface area contributed by atoms with Crippen LogP contribution in [0.3, 0.4) is 0 Å². The van der Waals surface area contributed by atoms with E-state index in [4.69, 9.17) is 11.6 Å². The number of anilines is 2. The third-order valence-electron chi connectivity index (χ3n) is 3.39. The average molecular weight is 316 g/mol. The molecule has 0 radical (unpaired) electrons. The van der Waals surface area contributed by atoms with Gasteiger partial charge in [0, 0.05) is 19.3 Å². The van der Waals surface area contributed by atoms with Crippen molar-refractivity contribution in [3.8, 4) is 0 Å². The van der Waals surface area contributed by atoms with E-state index in [9.17, 15) is 0 Å². The second kappa shape index (κ2) is 7.32. The van der Waals surface area contributed by atoms with Crippen LogP contribution in [-0.2, 0) is 0 Å². The third kappa shape index (κ3) is 4.25. The maximum atomic E-state index is 6.50. The highest BCUT2D eigenvalue weighted by molar-refractivity contribution is 6.36. The van der Waals surface area contributed by atoms with Gasteiger partial charge in [-0.2, -0.15) is 0 Å². The van der Waals surface area contributed by atoms with Gasteiger partial charge in [0.15, 0.2) is 0 Å². The first-order valence-electron chi connectivity index (χ1n) is 7.38. The topological polar surface area (TPSA) is 27.6 Å². The van der Waals surface area contributed by atoms with Gasteiger partial charge < -0.3 is 10.2 Å². The molecule has 0 bridgehead atoms. The molecule has 0 heterocycles. The van der Waals surface area contributed by atoms with E-state index in [-0.39, 0.29) is 0 Å². The first-order chi connectivity index (χ1) is 10.5. The van der Waals surface area contributed by atoms with Gasteiger partial charge in [-0.25, -0.2) is 4.99 Å². The van der Waals surface area contributed by atoms with E-state index >= 15 is 0 Å². The Balaban J connectivity index is 2.32. The Morgan fingerprint density at radius 3 is 2.64 bits per heavy atom. The monoisotopic (exact) mass is 315 g/mol. The summed E-state index contributed by atoms with van der Waals surface area (Å²) in [6.07, 6.45) is 1.80. The fourth-order valence-corrected chi connectivity index (χ4v) is 2.26. The Hall–Kier alpha value is -2.00. The SMILES string of the molecule is CCN(C)/C=N\c1cc(C)cc(Nc2cccc(C)c2)c1Cl. The van der Waals surface area contributed by atoms with Crippen LogP contribution in [0.5, 0.6) is 0 Å². The quantitative estimate of drug-likeness (QED) is 0.598. The van der Waals surface area contributed by atoms with Gasteiger partial charge in [-0.15, -0.1) is 0 Å². The number of benzene rings is 2. The molecule has 0 aliphatic rings. The zero-order valence-corrected chi connectivity index (χ0v) is 14.3. The minimum Gasteiger partial charge on any atom is -0.366 e. The fourth-order valence-electron chi connectivity index (χ4n) is 2.06. The smallest absolute Gasteiger partial charge is 0.0910 e. The lowest BCUT2D eigenvalue weighted by Crippen LogP contribution is -2.14. The molecular weight excluding hydrogens is 294 g/mol. The number of aryl methyl sites for hydroxylation is 2. The Labute approximate surface area is 137 Å². The molecule has 0 atom stereocenters. The number of rotatable bonds is 5. The standard InChI is InChI=1S/C18H22ClN3/c1-5-22(4)12-20-16-10-14(3)11-17(18(16)19)21-15-8-6-7-13(2)9-15/h6-12,21H,5H2,1-4H3/b20-12-. The molecule has 1 N–H and O–H groups in total. The molecule has 3 nitrogen and oxygen atoms in total. The summed E-state index contributed by atoms with van der Waals surface area (Å²) >= 11 is 6.50. The average Bonchev–Trinajstić information content (AvgIpc) is 2.48. The molecule has 0 unspecified atom stereocenters. The second-order valence-corrected chi connectivity index (χ2v) is 5.84. The van der Waals surface area contributed by atoms with Crippen molar-refractivity contribution in [1.82, 2.24) is 4.90 Å². The maximum absolute atomic E-state index is 6.50. The molecule has 4 heteroatoms. The summed E-state index contributed by atoms with van der Waals surface area (Å²) in [6.45, 7) is 7.09. The van der Waals surface area contributed by atoms with Crippen LogP contribution in [0.2, 0.25) is 5.02 Å². The van der Waals surface area contributed by atoms with Crippen molar-refractivity contribution in [3.63, 3.8) is 0 Å². The summed E-state index contributed by atoms with van der Waals surface area (Å²) in [6, 6.07) is 12.2. The van der Waals surface area contributed by atoms with E-state index in [1.807, 2.05) is 43.1 Å². The molecule has 2 rings (SSSR count). The van der Waals surface area contributed by atoms with Crippen LogP contribution >= 0.6 is 11.6 Å². The first kappa shape index (κ1) is 16.4. The molecule has 116 valence electrons. The zero-order valence-electron chi connectivity index (χ0n) is 13.5. The van der Waals surface area contributed by atoms with Crippen LogP contribution in [0.4, 0.5) is 17.1 Å². The molecule has 0 fully saturated rings. The van der Waals surface area contributed by atoms with Crippen LogP contribution in [-0.4, -0.2) is 24.8 Å². The third-order valence-corrected chi connectivity index (χ3v) is 3.78. The lowest BCUT2D eigenvalue weighted by atomic mass is 10.1. The summed E-state index contributed by atoms with van der Waals surface area (Å²) in [5, 5.41) is 4.01. The predicted octanol–water partition coefficient (Wildman–Crippen LogP) is 5.31. The van der Waals surface area contributed by atoms with Crippen molar-refractivity contribution in [3.05, 3.63) is 52.5 Å². The summed E-state index contributed by atoms with van der Waals surface area (Å²) in [5.41, 5.74) is 4.99. The maximum Gasteiger partial charge on any atom is 0.0910 e. The summed E-state index contributed by atoms with van der Waals surface area (Å²) in [7, 11) is 1.99. The van der Waals surface area contributed by atoms with Gasteiger partial charge in [0.1, 0.15) is 0 Å². The van der Waals surface area contributed by atoms with Crippen molar-refractivity contribution < 1.29 is 0 Å². The predicted molar refractivity (Wildman–Crippen MR) is 97.1 cm³/mol. The molecule has 22 heavy (non-hydrogen) atoms. The number of hydrogen-bond acceptors (Lipinski definition) is 2. The van der Waals surface area contributed by atoms with Crippen molar-refractivity contribution in [2.75, 3.05) is 18.9 Å². The van der Waals surface area contributed by atoms with Crippen LogP contribution in [0, 0.1) is 13.8 Å². The highest BCUT2D eigenvalue weighted by Crippen LogP contribution is 2.35. The lowest BCUT2D eigenvalue weighted by Gasteiger charge is -2.13. The molecule has 0 spiro atoms. The van der Waals surface area contributed by atoms with Gasteiger partial charge in [-0.1, -0.05) is 23.7 Å². The van der Waals surface area contributed by atoms with Crippen molar-refractivity contribution in [2.24, 2.45) is 4.99 Å². The van der Waals surface area contributed by atoms with Crippen molar-refractivity contribution in [1.29, 1.82) is 0 Å². The Morgan fingerprint density at radius 2 is 1.95 bits per heavy atom. The highest BCUT2D eigenvalue weighted by Gasteiger charge is 2.08. The highest BCUT2D eigenvalue weighted by atomic mass is 35.5. The number of nitrogens with zero attached hydrogens (tertiary/aromatic N) is 2. The van der Waals surface area contributed by atoms with Crippen LogP contribution in [0.25, 0.3) is 0 Å². The van der Waals surface area contributed by atoms with Crippen molar-refractivity contribution >= 4 is 35.0 Å². The van der Waals surface area contributed by atoms with Crippen LogP contribution < -0.4 is 5.32 Å². The van der Waals surface area contributed by atoms with Gasteiger partial charge in [0.25, 0.3) is 0 Å². The Kier molecular flexibility index (Phi) is 5.45. The van der Waals surface area contributed by atoms with Gasteiger partial charge >= 0.3 is 0 Å². The van der Waals surface area contributed by atoms with Gasteiger partial charge in [0.2, 0.25) is 0 Å². The largest absolute Gasteiger partial charge is 0.366 e. The summed E-state index contributed by atoms with van der Waals surface area (Å²) in [5.74, 6) is 0. The molecule has 2 aromatic rings. The molecule has 0 aromatic heterocycles. The van der Waals surface area contributed by atoms with Gasteiger partial charge in [-0.05, 0) is 56.2 Å². The van der Waals surface area contributed by atoms with E-state index in [2.05, 4.69) is 36.3 Å². The molecule has 0 saturated carbocycles. The second-order valence-electron chi connectivity index (χ2n) is 5.46. The number of hydrogen-bond donors (Lipinski definition) is 1. The minimum absolute atomic E-state index is 0.632. The minimum atomic E-state index is 0.632. The van der Waals surface area contributed by atoms with Crippen LogP contribution in [0.1, 0.15) is 18.1 Å². The van der Waals surface area contributed by atoms with Gasteiger partial charge in [0.05, 0.1) is 22.7 Å². The molecule has 0 amide bonds. The summed E-state index contributed by atoms with van der Waals surface area (Å²) < 4.78 is 0. The number of halogens is 1. The van der Waals surface area contributed by atoms with Crippen molar-refractivity contribution in [2.45, 2.75) is 20.8 Å². The normalized spacial score (nSPS) is 11.0. The van der Waals surface area contributed by atoms with E-state index < -0.39 is 0 Å². The van der Waals surface area contributed by atoms with E-state index in [1.165, 1.54) is 5.56 Å². The van der Waals surface area contributed by atoms with Gasteiger partial charge in [-0.3, -0.25) is 0 Å². The van der Waals surface area contributed by atoms with E-state index in [1.54, 1.807) is 6.34 Å².